The van der Waals surface area contributed by atoms with Crippen LogP contribution in [0.15, 0.2) is 89.1 Å². The number of benzene rings is 3. The molecule has 0 bridgehead atoms. The topological polar surface area (TPSA) is 71.3 Å². The smallest absolute Gasteiger partial charge is 0.322 e. The van der Waals surface area contributed by atoms with Crippen molar-refractivity contribution in [1.82, 2.24) is 20.4 Å². The van der Waals surface area contributed by atoms with Gasteiger partial charge in [0.1, 0.15) is 5.82 Å². The maximum atomic E-state index is 14.1. The largest absolute Gasteiger partial charge is 0.334 e. The summed E-state index contributed by atoms with van der Waals surface area (Å²) in [6, 6.07) is 22.7. The van der Waals surface area contributed by atoms with Crippen LogP contribution in [0.3, 0.4) is 0 Å². The monoisotopic (exact) mass is 454 g/mol. The van der Waals surface area contributed by atoms with E-state index in [1.165, 1.54) is 12.1 Å². The first kappa shape index (κ1) is 21.6. The van der Waals surface area contributed by atoms with Crippen molar-refractivity contribution in [2.24, 2.45) is 0 Å². The Kier molecular flexibility index (Phi) is 5.67. The number of hydrogen-bond acceptors (Lipinski definition) is 4. The fourth-order valence-corrected chi connectivity index (χ4v) is 4.22. The highest BCUT2D eigenvalue weighted by atomic mass is 19.1. The number of nitrogens with one attached hydrogen (secondary N) is 1. The Labute approximate surface area is 196 Å². The lowest BCUT2D eigenvalue weighted by Crippen LogP contribution is -2.45. The van der Waals surface area contributed by atoms with Crippen LogP contribution in [-0.2, 0) is 6.54 Å². The molecule has 1 atom stereocenters. The van der Waals surface area contributed by atoms with Crippen molar-refractivity contribution in [2.75, 3.05) is 0 Å². The number of carbonyl (C=O) groups excluding carboxylic acids is 1. The fourth-order valence-electron chi connectivity index (χ4n) is 4.22. The average Bonchev–Trinajstić information content (AvgIpc) is 3.32. The summed E-state index contributed by atoms with van der Waals surface area (Å²) in [5, 5.41) is 7.16. The molecule has 4 aromatic rings. The second-order valence-corrected chi connectivity index (χ2v) is 8.30. The standard InChI is InChI=1S/C27H23FN4O2/c1-17-8-6-9-19(14-17)16-32-18(2)23(24(29-27(32)33)21-12-7-13-22(28)15-21)26-30-25(31-34-26)20-10-4-3-5-11-20/h3-15,24H,16H2,1-2H3,(H,29,33). The van der Waals surface area contributed by atoms with Gasteiger partial charge < -0.3 is 9.84 Å². The Morgan fingerprint density at radius 1 is 1.00 bits per heavy atom. The number of carbonyl (C=O) groups is 1. The zero-order valence-electron chi connectivity index (χ0n) is 18.8. The van der Waals surface area contributed by atoms with Gasteiger partial charge in [-0.2, -0.15) is 4.98 Å². The second-order valence-electron chi connectivity index (χ2n) is 8.30. The Morgan fingerprint density at radius 3 is 2.56 bits per heavy atom. The third-order valence-electron chi connectivity index (χ3n) is 5.89. The van der Waals surface area contributed by atoms with Crippen LogP contribution in [0.2, 0.25) is 0 Å². The van der Waals surface area contributed by atoms with Gasteiger partial charge in [-0.05, 0) is 37.1 Å². The van der Waals surface area contributed by atoms with E-state index in [0.29, 0.717) is 29.2 Å². The quantitative estimate of drug-likeness (QED) is 0.409. The molecule has 34 heavy (non-hydrogen) atoms. The molecule has 0 aliphatic carbocycles. The Hall–Kier alpha value is -4.26. The van der Waals surface area contributed by atoms with Crippen LogP contribution in [0.4, 0.5) is 9.18 Å². The van der Waals surface area contributed by atoms with Gasteiger partial charge in [-0.25, -0.2) is 9.18 Å². The van der Waals surface area contributed by atoms with Gasteiger partial charge in [-0.15, -0.1) is 0 Å². The molecule has 0 saturated heterocycles. The molecular weight excluding hydrogens is 431 g/mol. The maximum absolute atomic E-state index is 14.1. The summed E-state index contributed by atoms with van der Waals surface area (Å²) in [6.45, 7) is 4.23. The second kappa shape index (κ2) is 8.94. The molecule has 2 amide bonds. The lowest BCUT2D eigenvalue weighted by Gasteiger charge is -2.35. The lowest BCUT2D eigenvalue weighted by atomic mass is 9.94. The van der Waals surface area contributed by atoms with Gasteiger partial charge in [0.05, 0.1) is 18.2 Å². The van der Waals surface area contributed by atoms with Gasteiger partial charge in [-0.1, -0.05) is 77.5 Å². The predicted octanol–water partition coefficient (Wildman–Crippen LogP) is 5.88. The summed E-state index contributed by atoms with van der Waals surface area (Å²) in [4.78, 5) is 19.5. The van der Waals surface area contributed by atoms with E-state index in [2.05, 4.69) is 15.5 Å². The minimum atomic E-state index is -0.638. The molecule has 1 aliphatic rings. The Morgan fingerprint density at radius 2 is 1.79 bits per heavy atom. The van der Waals surface area contributed by atoms with Crippen LogP contribution < -0.4 is 5.32 Å². The summed E-state index contributed by atoms with van der Waals surface area (Å²) in [6.07, 6.45) is 0. The molecule has 1 aliphatic heterocycles. The number of rotatable bonds is 5. The molecule has 1 aromatic heterocycles. The zero-order chi connectivity index (χ0) is 23.7. The van der Waals surface area contributed by atoms with Crippen LogP contribution in [0.1, 0.15) is 35.5 Å². The third kappa shape index (κ3) is 4.20. The number of nitrogens with zero attached hydrogens (tertiary/aromatic N) is 3. The number of urea groups is 1. The number of hydrogen-bond donors (Lipinski definition) is 1. The first-order valence-corrected chi connectivity index (χ1v) is 11.0. The number of allylic oxidation sites excluding steroid dienone is 1. The van der Waals surface area contributed by atoms with E-state index in [9.17, 15) is 9.18 Å². The van der Waals surface area contributed by atoms with E-state index in [1.807, 2.05) is 68.4 Å². The van der Waals surface area contributed by atoms with Crippen molar-refractivity contribution in [3.05, 3.63) is 113 Å². The van der Waals surface area contributed by atoms with Gasteiger partial charge in [0, 0.05) is 11.3 Å². The predicted molar refractivity (Wildman–Crippen MR) is 127 cm³/mol. The summed E-state index contributed by atoms with van der Waals surface area (Å²) in [5.41, 5.74) is 4.81. The van der Waals surface area contributed by atoms with E-state index in [4.69, 9.17) is 4.52 Å². The van der Waals surface area contributed by atoms with Crippen molar-refractivity contribution in [3.8, 4) is 11.4 Å². The molecule has 0 saturated carbocycles. The van der Waals surface area contributed by atoms with E-state index >= 15 is 0 Å². The van der Waals surface area contributed by atoms with Gasteiger partial charge in [-0.3, -0.25) is 4.90 Å². The van der Waals surface area contributed by atoms with Crippen LogP contribution in [0.5, 0.6) is 0 Å². The first-order chi connectivity index (χ1) is 16.5. The number of halogens is 1. The van der Waals surface area contributed by atoms with E-state index in [1.54, 1.807) is 17.0 Å². The molecule has 0 spiro atoms. The Bertz CT molecular complexity index is 1380. The summed E-state index contributed by atoms with van der Waals surface area (Å²) < 4.78 is 19.8. The summed E-state index contributed by atoms with van der Waals surface area (Å²) >= 11 is 0. The minimum absolute atomic E-state index is 0.278. The van der Waals surface area contributed by atoms with Crippen LogP contribution in [0, 0.1) is 12.7 Å². The molecule has 1 N–H and O–H groups in total. The molecular formula is C27H23FN4O2. The number of amides is 2. The highest BCUT2D eigenvalue weighted by molar-refractivity contribution is 5.86. The lowest BCUT2D eigenvalue weighted by molar-refractivity contribution is 0.203. The average molecular weight is 455 g/mol. The summed E-state index contributed by atoms with van der Waals surface area (Å²) in [5.74, 6) is 0.331. The zero-order valence-corrected chi connectivity index (χ0v) is 18.8. The van der Waals surface area contributed by atoms with E-state index in [-0.39, 0.29) is 17.7 Å². The van der Waals surface area contributed by atoms with Crippen molar-refractivity contribution in [3.63, 3.8) is 0 Å². The molecule has 170 valence electrons. The van der Waals surface area contributed by atoms with Crippen LogP contribution in [0.25, 0.3) is 17.0 Å². The number of aryl methyl sites for hydroxylation is 1. The molecule has 1 unspecified atom stereocenters. The van der Waals surface area contributed by atoms with Crippen LogP contribution >= 0.6 is 0 Å². The maximum Gasteiger partial charge on any atom is 0.322 e. The molecule has 0 radical (unpaired) electrons. The van der Waals surface area contributed by atoms with E-state index in [0.717, 1.165) is 16.7 Å². The number of aromatic nitrogens is 2. The molecule has 5 rings (SSSR count). The van der Waals surface area contributed by atoms with Gasteiger partial charge in [0.25, 0.3) is 5.89 Å². The van der Waals surface area contributed by atoms with Gasteiger partial charge in [0.15, 0.2) is 0 Å². The van der Waals surface area contributed by atoms with Gasteiger partial charge >= 0.3 is 6.03 Å². The first-order valence-electron chi connectivity index (χ1n) is 11.0. The molecule has 2 heterocycles. The highest BCUT2D eigenvalue weighted by Gasteiger charge is 2.36. The molecule has 7 heteroatoms. The molecule has 0 fully saturated rings. The van der Waals surface area contributed by atoms with Crippen molar-refractivity contribution >= 4 is 11.6 Å². The summed E-state index contributed by atoms with van der Waals surface area (Å²) in [7, 11) is 0. The van der Waals surface area contributed by atoms with E-state index < -0.39 is 6.04 Å². The minimum Gasteiger partial charge on any atom is -0.334 e. The van der Waals surface area contributed by atoms with Crippen LogP contribution in [-0.4, -0.2) is 21.1 Å². The fraction of sp³-hybridized carbons (Fsp3) is 0.148. The van der Waals surface area contributed by atoms with Crippen molar-refractivity contribution in [2.45, 2.75) is 26.4 Å². The van der Waals surface area contributed by atoms with Crippen molar-refractivity contribution in [1.29, 1.82) is 0 Å². The normalized spacial score (nSPS) is 16.0. The highest BCUT2D eigenvalue weighted by Crippen LogP contribution is 2.38. The Balaban J connectivity index is 1.61. The molecule has 6 nitrogen and oxygen atoms in total. The van der Waals surface area contributed by atoms with Crippen molar-refractivity contribution < 1.29 is 13.7 Å². The van der Waals surface area contributed by atoms with Gasteiger partial charge in [0.2, 0.25) is 5.82 Å². The SMILES string of the molecule is CC1=C(c2nc(-c3ccccc3)no2)C(c2cccc(F)c2)NC(=O)N1Cc1cccc(C)c1. The third-order valence-corrected chi connectivity index (χ3v) is 5.89. The molecule has 3 aromatic carbocycles.